The minimum absolute atomic E-state index is 0.158. The molecule has 2 heterocycles. The summed E-state index contributed by atoms with van der Waals surface area (Å²) in [6.07, 6.45) is 2.20. The number of anilines is 2. The number of hydrogen-bond acceptors (Lipinski definition) is 6. The van der Waals surface area contributed by atoms with Crippen LogP contribution < -0.4 is 10.6 Å². The number of esters is 1. The topological polar surface area (TPSA) is 77.7 Å². The molecule has 1 aromatic rings. The molecule has 182 valence electrons. The summed E-state index contributed by atoms with van der Waals surface area (Å²) in [7, 11) is 0. The summed E-state index contributed by atoms with van der Waals surface area (Å²) >= 11 is 10.2. The van der Waals surface area contributed by atoms with E-state index in [0.717, 1.165) is 38.0 Å². The highest BCUT2D eigenvalue weighted by Gasteiger charge is 2.39. The molecule has 0 aliphatic carbocycles. The zero-order chi connectivity index (χ0) is 24.5. The van der Waals surface area contributed by atoms with Crippen molar-refractivity contribution in [3.8, 4) is 0 Å². The smallest absolute Gasteiger partial charge is 0.340 e. The van der Waals surface area contributed by atoms with Crippen LogP contribution in [0.5, 0.6) is 0 Å². The lowest BCUT2D eigenvalue weighted by atomic mass is 9.69. The molecule has 0 bridgehead atoms. The molecule has 1 saturated heterocycles. The van der Waals surface area contributed by atoms with Gasteiger partial charge in [-0.1, -0.05) is 39.3 Å². The van der Waals surface area contributed by atoms with Crippen molar-refractivity contribution < 1.29 is 14.3 Å². The monoisotopic (exact) mass is 531 g/mol. The summed E-state index contributed by atoms with van der Waals surface area (Å²) < 4.78 is 12.1. The summed E-state index contributed by atoms with van der Waals surface area (Å²) in [5.41, 5.74) is 7.36. The molecular weight excluding hydrogens is 494 g/mol. The molecule has 0 radical (unpaired) electrons. The van der Waals surface area contributed by atoms with E-state index in [1.807, 2.05) is 20.8 Å². The van der Waals surface area contributed by atoms with Gasteiger partial charge in [-0.05, 0) is 73.7 Å². The summed E-state index contributed by atoms with van der Waals surface area (Å²) in [5.74, 6) is -0.200. The van der Waals surface area contributed by atoms with Crippen molar-refractivity contribution in [2.75, 3.05) is 30.3 Å². The molecule has 8 heteroatoms. The van der Waals surface area contributed by atoms with E-state index in [0.29, 0.717) is 10.0 Å². The minimum Gasteiger partial charge on any atom is -0.464 e. The lowest BCUT2D eigenvalue weighted by molar-refractivity contribution is -0.166. The Balaban J connectivity index is 2.51. The average Bonchev–Trinajstić information content (AvgIpc) is 2.61. The van der Waals surface area contributed by atoms with Crippen LogP contribution in [0, 0.1) is 10.8 Å². The zero-order valence-electron chi connectivity index (χ0n) is 20.8. The Morgan fingerprint density at radius 3 is 2.28 bits per heavy atom. The van der Waals surface area contributed by atoms with Crippen molar-refractivity contribution in [3.05, 3.63) is 15.2 Å². The molecule has 1 aliphatic heterocycles. The molecule has 0 saturated carbocycles. The number of rotatable bonds is 6. The number of hydrogen-bond donors (Lipinski definition) is 1. The van der Waals surface area contributed by atoms with Gasteiger partial charge in [-0.15, -0.1) is 0 Å². The van der Waals surface area contributed by atoms with E-state index >= 15 is 0 Å². The molecule has 1 aromatic heterocycles. The Morgan fingerprint density at radius 1 is 1.25 bits per heavy atom. The first-order valence-electron chi connectivity index (χ1n) is 11.3. The number of nitrogens with two attached hydrogens (primary N) is 1. The first kappa shape index (κ1) is 27.2. The quantitative estimate of drug-likeness (QED) is 0.331. The second-order valence-corrected chi connectivity index (χ2v) is 12.4. The predicted molar refractivity (Wildman–Crippen MR) is 135 cm³/mol. The number of piperidine rings is 1. The van der Waals surface area contributed by atoms with Crippen molar-refractivity contribution in [1.29, 1.82) is 0 Å². The normalized spacial score (nSPS) is 17.9. The van der Waals surface area contributed by atoms with Gasteiger partial charge in [0.25, 0.3) is 0 Å². The van der Waals surface area contributed by atoms with Crippen LogP contribution >= 0.6 is 27.5 Å². The van der Waals surface area contributed by atoms with Gasteiger partial charge in [-0.3, -0.25) is 0 Å². The van der Waals surface area contributed by atoms with Crippen LogP contribution in [0.1, 0.15) is 86.3 Å². The van der Waals surface area contributed by atoms with Crippen LogP contribution in [-0.2, 0) is 14.3 Å². The zero-order valence-corrected chi connectivity index (χ0v) is 23.1. The first-order valence-corrected chi connectivity index (χ1v) is 12.5. The van der Waals surface area contributed by atoms with Crippen molar-refractivity contribution in [3.63, 3.8) is 0 Å². The molecule has 0 unspecified atom stereocenters. The molecule has 1 fully saturated rings. The Labute approximate surface area is 206 Å². The van der Waals surface area contributed by atoms with E-state index in [9.17, 15) is 4.79 Å². The second-order valence-electron chi connectivity index (χ2n) is 11.3. The molecule has 0 spiro atoms. The third-order valence-electron chi connectivity index (χ3n) is 5.61. The summed E-state index contributed by atoms with van der Waals surface area (Å²) in [6.45, 7) is 18.6. The number of carbonyl (C=O) groups is 1. The minimum atomic E-state index is -1.01. The van der Waals surface area contributed by atoms with E-state index < -0.39 is 17.7 Å². The first-order chi connectivity index (χ1) is 14.6. The standard InChI is InChI=1S/C24H39BrClN3O3/c1-9-31-21(30)18(32-23(5,6)7)15-17(16(25)20(27)28-19(15)26)29-12-10-24(8,11-13-29)14-22(2,3)4/h18H,9-14H2,1-8H3,(H2,27,28)/t18-/m0/s1. The Bertz CT molecular complexity index is 825. The number of halogens is 2. The third-order valence-corrected chi connectivity index (χ3v) is 6.68. The van der Waals surface area contributed by atoms with Crippen LogP contribution in [0.4, 0.5) is 11.5 Å². The van der Waals surface area contributed by atoms with Gasteiger partial charge in [0.1, 0.15) is 11.0 Å². The number of nitrogen functional groups attached to an aromatic ring is 1. The Morgan fingerprint density at radius 2 is 1.81 bits per heavy atom. The van der Waals surface area contributed by atoms with E-state index in [1.165, 1.54) is 0 Å². The lowest BCUT2D eigenvalue weighted by Gasteiger charge is -2.44. The number of pyridine rings is 1. The van der Waals surface area contributed by atoms with E-state index in [4.69, 9.17) is 26.8 Å². The average molecular weight is 533 g/mol. The maximum Gasteiger partial charge on any atom is 0.340 e. The maximum atomic E-state index is 13.0. The largest absolute Gasteiger partial charge is 0.464 e. The van der Waals surface area contributed by atoms with Crippen LogP contribution in [0.2, 0.25) is 5.15 Å². The van der Waals surface area contributed by atoms with Crippen molar-refractivity contribution in [1.82, 2.24) is 4.98 Å². The fourth-order valence-electron chi connectivity index (χ4n) is 4.62. The Hall–Kier alpha value is -1.05. The summed E-state index contributed by atoms with van der Waals surface area (Å²) in [6, 6.07) is 0. The molecular formula is C24H39BrClN3O3. The molecule has 2 rings (SSSR count). The summed E-state index contributed by atoms with van der Waals surface area (Å²) in [4.78, 5) is 19.5. The van der Waals surface area contributed by atoms with Crippen LogP contribution in [0.25, 0.3) is 0 Å². The number of ether oxygens (including phenoxy) is 2. The maximum absolute atomic E-state index is 13.0. The summed E-state index contributed by atoms with van der Waals surface area (Å²) in [5, 5.41) is 0.158. The van der Waals surface area contributed by atoms with E-state index in [-0.39, 0.29) is 28.4 Å². The SMILES string of the molecule is CCOC(=O)[C@@H](OC(C)(C)C)c1c(Cl)nc(N)c(Br)c1N1CCC(C)(CC(C)(C)C)CC1. The van der Waals surface area contributed by atoms with Gasteiger partial charge in [-0.25, -0.2) is 9.78 Å². The van der Waals surface area contributed by atoms with E-state index in [2.05, 4.69) is 53.5 Å². The van der Waals surface area contributed by atoms with Gasteiger partial charge >= 0.3 is 5.97 Å². The number of nitrogens with zero attached hydrogens (tertiary/aromatic N) is 2. The van der Waals surface area contributed by atoms with Crippen LogP contribution in [-0.4, -0.2) is 36.3 Å². The molecule has 1 aliphatic rings. The fraction of sp³-hybridized carbons (Fsp3) is 0.750. The molecule has 1 atom stereocenters. The van der Waals surface area contributed by atoms with Gasteiger partial charge in [0.15, 0.2) is 6.10 Å². The van der Waals surface area contributed by atoms with Gasteiger partial charge < -0.3 is 20.1 Å². The second kappa shape index (κ2) is 10.1. The number of carbonyl (C=O) groups excluding carboxylic acids is 1. The van der Waals surface area contributed by atoms with Crippen LogP contribution in [0.3, 0.4) is 0 Å². The highest BCUT2D eigenvalue weighted by molar-refractivity contribution is 9.10. The van der Waals surface area contributed by atoms with Crippen LogP contribution in [0.15, 0.2) is 4.47 Å². The van der Waals surface area contributed by atoms with Gasteiger partial charge in [0, 0.05) is 13.1 Å². The fourth-order valence-corrected chi connectivity index (χ4v) is 5.45. The number of aromatic nitrogens is 1. The highest BCUT2D eigenvalue weighted by Crippen LogP contribution is 2.47. The molecule has 0 amide bonds. The predicted octanol–water partition coefficient (Wildman–Crippen LogP) is 6.54. The van der Waals surface area contributed by atoms with Crippen molar-refractivity contribution >= 4 is 45.0 Å². The van der Waals surface area contributed by atoms with Gasteiger partial charge in [0.05, 0.1) is 27.9 Å². The molecule has 2 N–H and O–H groups in total. The van der Waals surface area contributed by atoms with Gasteiger partial charge in [-0.2, -0.15) is 0 Å². The lowest BCUT2D eigenvalue weighted by Crippen LogP contribution is -2.41. The highest BCUT2D eigenvalue weighted by atomic mass is 79.9. The third kappa shape index (κ3) is 6.97. The molecule has 32 heavy (non-hydrogen) atoms. The van der Waals surface area contributed by atoms with E-state index in [1.54, 1.807) is 6.92 Å². The van der Waals surface area contributed by atoms with Crippen molar-refractivity contribution in [2.45, 2.75) is 86.4 Å². The van der Waals surface area contributed by atoms with Gasteiger partial charge in [0.2, 0.25) is 0 Å². The molecule has 0 aromatic carbocycles. The molecule has 6 nitrogen and oxygen atoms in total. The Kier molecular flexibility index (Phi) is 8.55. The van der Waals surface area contributed by atoms with Crippen molar-refractivity contribution in [2.24, 2.45) is 10.8 Å².